The Labute approximate surface area is 162 Å². The highest BCUT2D eigenvalue weighted by Gasteiger charge is 2.14. The van der Waals surface area contributed by atoms with Crippen LogP contribution in [0.1, 0.15) is 11.1 Å². The predicted molar refractivity (Wildman–Crippen MR) is 110 cm³/mol. The van der Waals surface area contributed by atoms with Gasteiger partial charge >= 0.3 is 0 Å². The Bertz CT molecular complexity index is 1210. The van der Waals surface area contributed by atoms with Crippen LogP contribution in [0.25, 0.3) is 20.4 Å². The van der Waals surface area contributed by atoms with Crippen molar-refractivity contribution < 1.29 is 8.42 Å². The molecule has 0 saturated carbocycles. The molecule has 0 radical (unpaired) electrons. The number of rotatable bonds is 4. The van der Waals surface area contributed by atoms with Gasteiger partial charge in [0.25, 0.3) is 0 Å². The zero-order valence-corrected chi connectivity index (χ0v) is 16.8. The molecule has 2 heterocycles. The number of fused-ring (bicyclic) bond motifs is 2. The van der Waals surface area contributed by atoms with E-state index in [4.69, 9.17) is 24.4 Å². The van der Waals surface area contributed by atoms with Crippen molar-refractivity contribution in [3.05, 3.63) is 55.4 Å². The second-order valence-electron chi connectivity index (χ2n) is 5.72. The molecule has 2 N–H and O–H groups in total. The Morgan fingerprint density at radius 2 is 1.24 bits per heavy atom. The van der Waals surface area contributed by atoms with Gasteiger partial charge in [-0.25, -0.2) is 8.42 Å². The molecule has 0 bridgehead atoms. The van der Waals surface area contributed by atoms with E-state index in [1.54, 1.807) is 0 Å². The maximum absolute atomic E-state index is 12.6. The van der Waals surface area contributed by atoms with E-state index in [1.807, 2.05) is 36.4 Å². The average Bonchev–Trinajstić information content (AvgIpc) is 3.06. The van der Waals surface area contributed by atoms with Crippen LogP contribution in [-0.2, 0) is 21.3 Å². The number of aromatic amines is 2. The molecule has 2 aromatic carbocycles. The molecule has 0 fully saturated rings. The predicted octanol–water partition coefficient (Wildman–Crippen LogP) is 5.35. The van der Waals surface area contributed by atoms with E-state index in [1.165, 1.54) is 22.7 Å². The highest BCUT2D eigenvalue weighted by Crippen LogP contribution is 2.24. The van der Waals surface area contributed by atoms with Crippen molar-refractivity contribution in [3.63, 3.8) is 0 Å². The fraction of sp³-hybridized carbons (Fsp3) is 0.125. The largest absolute Gasteiger partial charge is 0.337 e. The summed E-state index contributed by atoms with van der Waals surface area (Å²) in [7, 11) is -3.28. The molecular formula is C16H12N2O2S5. The molecule has 128 valence electrons. The summed E-state index contributed by atoms with van der Waals surface area (Å²) in [4.78, 5) is 6.16. The lowest BCUT2D eigenvalue weighted by atomic mass is 10.2. The van der Waals surface area contributed by atoms with Gasteiger partial charge in [0.2, 0.25) is 0 Å². The van der Waals surface area contributed by atoms with Crippen molar-refractivity contribution in [2.24, 2.45) is 0 Å². The number of sulfone groups is 1. The lowest BCUT2D eigenvalue weighted by Gasteiger charge is -2.05. The summed E-state index contributed by atoms with van der Waals surface area (Å²) in [6.45, 7) is 0. The van der Waals surface area contributed by atoms with Crippen LogP contribution in [0.4, 0.5) is 0 Å². The Hall–Kier alpha value is -1.39. The van der Waals surface area contributed by atoms with E-state index < -0.39 is 9.84 Å². The fourth-order valence-corrected chi connectivity index (χ4v) is 6.41. The maximum Gasteiger partial charge on any atom is 0.159 e. The van der Waals surface area contributed by atoms with E-state index in [0.717, 1.165) is 31.6 Å². The molecule has 0 amide bonds. The van der Waals surface area contributed by atoms with Gasteiger partial charge in [-0.15, -0.1) is 22.7 Å². The second kappa shape index (κ2) is 6.40. The topological polar surface area (TPSA) is 65.7 Å². The number of hydrogen-bond acceptors (Lipinski definition) is 6. The van der Waals surface area contributed by atoms with Crippen LogP contribution < -0.4 is 0 Å². The number of nitrogens with one attached hydrogen (secondary N) is 2. The van der Waals surface area contributed by atoms with E-state index in [0.29, 0.717) is 7.91 Å². The van der Waals surface area contributed by atoms with Crippen molar-refractivity contribution in [2.45, 2.75) is 11.5 Å². The van der Waals surface area contributed by atoms with Crippen LogP contribution in [0.15, 0.2) is 36.4 Å². The molecule has 25 heavy (non-hydrogen) atoms. The van der Waals surface area contributed by atoms with Crippen LogP contribution in [0, 0.1) is 7.91 Å². The molecular weight excluding hydrogens is 413 g/mol. The summed E-state index contributed by atoms with van der Waals surface area (Å²) in [6, 6.07) is 11.2. The smallest absolute Gasteiger partial charge is 0.159 e. The van der Waals surface area contributed by atoms with E-state index in [9.17, 15) is 8.42 Å². The van der Waals surface area contributed by atoms with E-state index >= 15 is 0 Å². The molecule has 0 aliphatic carbocycles. The highest BCUT2D eigenvalue weighted by molar-refractivity contribution is 7.89. The van der Waals surface area contributed by atoms with Crippen molar-refractivity contribution in [1.29, 1.82) is 0 Å². The molecule has 4 rings (SSSR count). The molecule has 4 aromatic rings. The van der Waals surface area contributed by atoms with Crippen LogP contribution in [0.2, 0.25) is 0 Å². The first kappa shape index (κ1) is 17.0. The summed E-state index contributed by atoms with van der Waals surface area (Å²) in [6.07, 6.45) is 0. The molecule has 9 heteroatoms. The lowest BCUT2D eigenvalue weighted by Crippen LogP contribution is -2.07. The van der Waals surface area contributed by atoms with Gasteiger partial charge in [-0.05, 0) is 59.8 Å². The Kier molecular flexibility index (Phi) is 4.37. The van der Waals surface area contributed by atoms with Gasteiger partial charge in [0.1, 0.15) is 0 Å². The minimum Gasteiger partial charge on any atom is -0.337 e. The van der Waals surface area contributed by atoms with Gasteiger partial charge in [0.05, 0.1) is 31.9 Å². The van der Waals surface area contributed by atoms with Crippen molar-refractivity contribution in [1.82, 2.24) is 9.97 Å². The first-order chi connectivity index (χ1) is 11.9. The second-order valence-corrected chi connectivity index (χ2v) is 11.2. The van der Waals surface area contributed by atoms with Gasteiger partial charge in [0, 0.05) is 0 Å². The minimum atomic E-state index is -3.28. The Morgan fingerprint density at radius 1 is 0.800 bits per heavy atom. The van der Waals surface area contributed by atoms with Crippen LogP contribution in [0.5, 0.6) is 0 Å². The summed E-state index contributed by atoms with van der Waals surface area (Å²) in [5.74, 6) is -0.00583. The molecule has 0 atom stereocenters. The lowest BCUT2D eigenvalue weighted by molar-refractivity contribution is 0.594. The molecule has 0 aliphatic rings. The van der Waals surface area contributed by atoms with Crippen molar-refractivity contribution in [2.75, 3.05) is 0 Å². The average molecular weight is 425 g/mol. The normalized spacial score (nSPS) is 12.2. The van der Waals surface area contributed by atoms with Gasteiger partial charge in [-0.2, -0.15) is 0 Å². The molecule has 0 aliphatic heterocycles. The summed E-state index contributed by atoms with van der Waals surface area (Å²) >= 11 is 13.2. The quantitative estimate of drug-likeness (QED) is 0.434. The third kappa shape index (κ3) is 3.75. The van der Waals surface area contributed by atoms with Gasteiger partial charge in [-0.3, -0.25) is 0 Å². The highest BCUT2D eigenvalue weighted by atomic mass is 32.2. The van der Waals surface area contributed by atoms with E-state index in [-0.39, 0.29) is 11.5 Å². The Morgan fingerprint density at radius 3 is 1.68 bits per heavy atom. The van der Waals surface area contributed by atoms with Gasteiger partial charge < -0.3 is 9.97 Å². The maximum atomic E-state index is 12.6. The first-order valence-electron chi connectivity index (χ1n) is 7.32. The fourth-order valence-electron chi connectivity index (χ4n) is 2.74. The minimum absolute atomic E-state index is 0.00291. The molecule has 4 nitrogen and oxygen atoms in total. The molecule has 0 spiro atoms. The number of H-pyrrole nitrogens is 2. The third-order valence-electron chi connectivity index (χ3n) is 3.74. The molecule has 0 saturated heterocycles. The van der Waals surface area contributed by atoms with Crippen molar-refractivity contribution >= 4 is 77.4 Å². The third-order valence-corrected chi connectivity index (χ3v) is 7.72. The number of aromatic nitrogens is 2. The number of benzene rings is 2. The standard InChI is InChI=1S/C16H12N2O2S5/c19-25(20,7-9-1-3-13-11(5-9)17-15(21)23-13)8-10-2-4-14-12(6-10)18-16(22)24-14/h1-6H,7-8H2,(H,17,21)(H,18,22). The zero-order chi connectivity index (χ0) is 17.6. The van der Waals surface area contributed by atoms with Crippen LogP contribution in [0.3, 0.4) is 0 Å². The number of hydrogen-bond donors (Lipinski definition) is 2. The van der Waals surface area contributed by atoms with Crippen LogP contribution >= 0.6 is 47.1 Å². The van der Waals surface area contributed by atoms with Gasteiger partial charge in [-0.1, -0.05) is 12.1 Å². The van der Waals surface area contributed by atoms with Crippen LogP contribution in [-0.4, -0.2) is 18.4 Å². The van der Waals surface area contributed by atoms with Gasteiger partial charge in [0.15, 0.2) is 17.7 Å². The molecule has 0 unspecified atom stereocenters. The van der Waals surface area contributed by atoms with E-state index in [2.05, 4.69) is 9.97 Å². The molecule has 2 aromatic heterocycles. The Balaban J connectivity index is 1.60. The zero-order valence-electron chi connectivity index (χ0n) is 12.7. The SMILES string of the molecule is O=S(=O)(Cc1ccc2sc(=S)[nH]c2c1)Cc1ccc2sc(=S)[nH]c2c1. The monoisotopic (exact) mass is 424 g/mol. The van der Waals surface area contributed by atoms with Crippen molar-refractivity contribution in [3.8, 4) is 0 Å². The number of thiazole rings is 2. The summed E-state index contributed by atoms with van der Waals surface area (Å²) in [5, 5.41) is 0. The summed E-state index contributed by atoms with van der Waals surface area (Å²) in [5.41, 5.74) is 3.28. The summed E-state index contributed by atoms with van der Waals surface area (Å²) < 4.78 is 28.6. The first-order valence-corrected chi connectivity index (χ1v) is 11.6.